The van der Waals surface area contributed by atoms with Crippen LogP contribution in [0.1, 0.15) is 55.8 Å². The van der Waals surface area contributed by atoms with E-state index in [1.807, 2.05) is 11.8 Å². The van der Waals surface area contributed by atoms with Crippen LogP contribution in [0.3, 0.4) is 0 Å². The number of aryl methyl sites for hydroxylation is 1. The van der Waals surface area contributed by atoms with Gasteiger partial charge >= 0.3 is 12.2 Å². The second kappa shape index (κ2) is 7.10. The highest BCUT2D eigenvalue weighted by Gasteiger charge is 2.45. The minimum Gasteiger partial charge on any atom is -0.339 e. The second-order valence-electron chi connectivity index (χ2n) is 7.37. The van der Waals surface area contributed by atoms with E-state index in [4.69, 9.17) is 4.52 Å². The fourth-order valence-corrected chi connectivity index (χ4v) is 4.22. The van der Waals surface area contributed by atoms with Crippen molar-refractivity contribution in [1.29, 1.82) is 0 Å². The van der Waals surface area contributed by atoms with Gasteiger partial charge in [0.25, 0.3) is 0 Å². The van der Waals surface area contributed by atoms with Crippen LogP contribution in [0.25, 0.3) is 0 Å². The van der Waals surface area contributed by atoms with Gasteiger partial charge in [0.15, 0.2) is 5.82 Å². The molecule has 28 heavy (non-hydrogen) atoms. The molecule has 2 fully saturated rings. The molecule has 150 valence electrons. The molecule has 0 spiro atoms. The molecular formula is C19H21F3N4O2. The van der Waals surface area contributed by atoms with E-state index in [-0.39, 0.29) is 24.0 Å². The first-order valence-corrected chi connectivity index (χ1v) is 9.44. The molecule has 2 bridgehead atoms. The second-order valence-corrected chi connectivity index (χ2v) is 7.37. The van der Waals surface area contributed by atoms with Gasteiger partial charge in [0.05, 0.1) is 5.56 Å². The molecule has 1 N–H and O–H groups in total. The Bertz CT molecular complexity index is 836. The Balaban J connectivity index is 1.42. The standard InChI is InChI=1S/C19H21F3N4O2/c1-2-16-24-17(28-25-16)11-9-14-7-8-15(10-11)26(14)18(27)23-13-5-3-12(4-6-13)19(20,21)22/h3-6,11,14-15H,2,7-10H2,1H3,(H,23,27). The fourth-order valence-electron chi connectivity index (χ4n) is 4.22. The Morgan fingerprint density at radius 3 is 2.39 bits per heavy atom. The average molecular weight is 394 g/mol. The molecule has 2 aromatic rings. The van der Waals surface area contributed by atoms with Crippen LogP contribution >= 0.6 is 0 Å². The van der Waals surface area contributed by atoms with E-state index < -0.39 is 11.7 Å². The molecule has 1 aromatic heterocycles. The first-order chi connectivity index (χ1) is 13.3. The molecule has 0 radical (unpaired) electrons. The summed E-state index contributed by atoms with van der Waals surface area (Å²) < 4.78 is 43.4. The minimum absolute atomic E-state index is 0.0650. The number of amides is 2. The number of carbonyl (C=O) groups excluding carboxylic acids is 1. The first-order valence-electron chi connectivity index (χ1n) is 9.44. The Morgan fingerprint density at radius 2 is 1.86 bits per heavy atom. The molecule has 2 amide bonds. The van der Waals surface area contributed by atoms with Gasteiger partial charge in [0.1, 0.15) is 0 Å². The Labute approximate surface area is 160 Å². The van der Waals surface area contributed by atoms with E-state index in [2.05, 4.69) is 15.5 Å². The van der Waals surface area contributed by atoms with Crippen molar-refractivity contribution in [1.82, 2.24) is 15.0 Å². The Hall–Kier alpha value is -2.58. The lowest BCUT2D eigenvalue weighted by Gasteiger charge is -2.37. The summed E-state index contributed by atoms with van der Waals surface area (Å²) in [6, 6.07) is 4.35. The van der Waals surface area contributed by atoms with Crippen LogP contribution in [0.5, 0.6) is 0 Å². The number of fused-ring (bicyclic) bond motifs is 2. The maximum Gasteiger partial charge on any atom is 0.416 e. The summed E-state index contributed by atoms with van der Waals surface area (Å²) in [7, 11) is 0. The number of carbonyl (C=O) groups is 1. The molecule has 2 atom stereocenters. The molecular weight excluding hydrogens is 373 g/mol. The van der Waals surface area contributed by atoms with Crippen LogP contribution in [0.2, 0.25) is 0 Å². The zero-order valence-corrected chi connectivity index (χ0v) is 15.4. The normalized spacial score (nSPS) is 24.4. The lowest BCUT2D eigenvalue weighted by Crippen LogP contribution is -2.48. The molecule has 2 aliphatic rings. The minimum atomic E-state index is -4.39. The van der Waals surface area contributed by atoms with E-state index in [0.29, 0.717) is 23.8 Å². The number of nitrogens with one attached hydrogen (secondary N) is 1. The molecule has 2 saturated heterocycles. The maximum absolute atomic E-state index is 12.7. The molecule has 1 aromatic carbocycles. The van der Waals surface area contributed by atoms with Crippen LogP contribution in [-0.4, -0.2) is 33.2 Å². The molecule has 2 aliphatic heterocycles. The van der Waals surface area contributed by atoms with E-state index >= 15 is 0 Å². The number of aromatic nitrogens is 2. The van der Waals surface area contributed by atoms with Gasteiger partial charge in [-0.15, -0.1) is 0 Å². The summed E-state index contributed by atoms with van der Waals surface area (Å²) in [6.45, 7) is 1.96. The topological polar surface area (TPSA) is 71.3 Å². The van der Waals surface area contributed by atoms with Gasteiger partial charge in [-0.2, -0.15) is 18.2 Å². The Kier molecular flexibility index (Phi) is 4.76. The Morgan fingerprint density at radius 1 is 1.21 bits per heavy atom. The third kappa shape index (κ3) is 3.57. The van der Waals surface area contributed by atoms with E-state index in [1.165, 1.54) is 12.1 Å². The van der Waals surface area contributed by atoms with E-state index in [9.17, 15) is 18.0 Å². The third-order valence-corrected chi connectivity index (χ3v) is 5.58. The molecule has 9 heteroatoms. The van der Waals surface area contributed by atoms with Crippen molar-refractivity contribution in [3.8, 4) is 0 Å². The molecule has 0 aliphatic carbocycles. The lowest BCUT2D eigenvalue weighted by atomic mass is 9.91. The maximum atomic E-state index is 12.7. The van der Waals surface area contributed by atoms with E-state index in [0.717, 1.165) is 37.8 Å². The van der Waals surface area contributed by atoms with Crippen molar-refractivity contribution in [2.24, 2.45) is 0 Å². The number of hydrogen-bond acceptors (Lipinski definition) is 4. The highest BCUT2D eigenvalue weighted by molar-refractivity contribution is 5.90. The van der Waals surface area contributed by atoms with Crippen LogP contribution < -0.4 is 5.32 Å². The number of urea groups is 1. The molecule has 4 rings (SSSR count). The van der Waals surface area contributed by atoms with Gasteiger partial charge in [0, 0.05) is 30.1 Å². The summed E-state index contributed by atoms with van der Waals surface area (Å²) in [5.74, 6) is 1.46. The highest BCUT2D eigenvalue weighted by atomic mass is 19.4. The summed E-state index contributed by atoms with van der Waals surface area (Å²) >= 11 is 0. The van der Waals surface area contributed by atoms with Crippen LogP contribution in [0, 0.1) is 0 Å². The van der Waals surface area contributed by atoms with Gasteiger partial charge in [-0.1, -0.05) is 12.1 Å². The van der Waals surface area contributed by atoms with Gasteiger partial charge in [0.2, 0.25) is 5.89 Å². The van der Waals surface area contributed by atoms with Crippen molar-refractivity contribution in [2.45, 2.75) is 63.2 Å². The largest absolute Gasteiger partial charge is 0.416 e. The number of rotatable bonds is 3. The number of halogens is 3. The summed E-state index contributed by atoms with van der Waals surface area (Å²) in [6.07, 6.45) is -0.377. The predicted octanol–water partition coefficient (Wildman–Crippen LogP) is 4.59. The fraction of sp³-hybridized carbons (Fsp3) is 0.526. The van der Waals surface area contributed by atoms with Crippen LogP contribution in [0.15, 0.2) is 28.8 Å². The number of hydrogen-bond donors (Lipinski definition) is 1. The average Bonchev–Trinajstić information content (AvgIpc) is 3.24. The van der Waals surface area contributed by atoms with Crippen molar-refractivity contribution in [2.75, 3.05) is 5.32 Å². The van der Waals surface area contributed by atoms with Gasteiger partial charge < -0.3 is 14.7 Å². The molecule has 6 nitrogen and oxygen atoms in total. The van der Waals surface area contributed by atoms with Crippen molar-refractivity contribution in [3.63, 3.8) is 0 Å². The zero-order valence-electron chi connectivity index (χ0n) is 15.4. The van der Waals surface area contributed by atoms with Crippen molar-refractivity contribution < 1.29 is 22.5 Å². The first kappa shape index (κ1) is 18.8. The summed E-state index contributed by atoms with van der Waals surface area (Å²) in [5.41, 5.74) is -0.388. The number of benzene rings is 1. The quantitative estimate of drug-likeness (QED) is 0.826. The molecule has 3 heterocycles. The monoisotopic (exact) mass is 394 g/mol. The smallest absolute Gasteiger partial charge is 0.339 e. The third-order valence-electron chi connectivity index (χ3n) is 5.58. The lowest BCUT2D eigenvalue weighted by molar-refractivity contribution is -0.137. The number of anilines is 1. The van der Waals surface area contributed by atoms with Crippen LogP contribution in [0.4, 0.5) is 23.7 Å². The van der Waals surface area contributed by atoms with E-state index in [1.54, 1.807) is 0 Å². The molecule has 0 saturated carbocycles. The van der Waals surface area contributed by atoms with Gasteiger partial charge in [-0.25, -0.2) is 4.79 Å². The molecule has 2 unspecified atom stereocenters. The number of piperidine rings is 1. The number of alkyl halides is 3. The predicted molar refractivity (Wildman–Crippen MR) is 94.8 cm³/mol. The van der Waals surface area contributed by atoms with Crippen LogP contribution in [-0.2, 0) is 12.6 Å². The van der Waals surface area contributed by atoms with Crippen molar-refractivity contribution in [3.05, 3.63) is 41.5 Å². The van der Waals surface area contributed by atoms with Gasteiger partial charge in [-0.05, 0) is 49.9 Å². The highest BCUT2D eigenvalue weighted by Crippen LogP contribution is 2.43. The zero-order chi connectivity index (χ0) is 19.9. The van der Waals surface area contributed by atoms with Crippen molar-refractivity contribution >= 4 is 11.7 Å². The number of nitrogens with zero attached hydrogens (tertiary/aromatic N) is 3. The SMILES string of the molecule is CCc1noc(C2CC3CCC(C2)N3C(=O)Nc2ccc(C(F)(F)F)cc2)n1. The van der Waals surface area contributed by atoms with Gasteiger partial charge in [-0.3, -0.25) is 0 Å². The summed E-state index contributed by atoms with van der Waals surface area (Å²) in [4.78, 5) is 19.0. The summed E-state index contributed by atoms with van der Waals surface area (Å²) in [5, 5.41) is 6.68.